The van der Waals surface area contributed by atoms with Crippen molar-refractivity contribution in [3.8, 4) is 0 Å². The topological polar surface area (TPSA) is 75.7 Å². The zero-order valence-corrected chi connectivity index (χ0v) is 16.2. The molecule has 1 amide bonds. The lowest BCUT2D eigenvalue weighted by Crippen LogP contribution is -2.40. The van der Waals surface area contributed by atoms with Crippen molar-refractivity contribution in [2.45, 2.75) is 24.7 Å². The van der Waals surface area contributed by atoms with E-state index in [2.05, 4.69) is 5.32 Å². The second-order valence-corrected chi connectivity index (χ2v) is 8.51. The fourth-order valence-corrected chi connectivity index (χ4v) is 4.29. The van der Waals surface area contributed by atoms with Crippen molar-refractivity contribution in [3.63, 3.8) is 0 Å². The van der Waals surface area contributed by atoms with Crippen LogP contribution < -0.4 is 5.32 Å². The Hall–Kier alpha value is -2.22. The number of hydrogen-bond donors (Lipinski definition) is 1. The van der Waals surface area contributed by atoms with Gasteiger partial charge in [-0.3, -0.25) is 4.79 Å². The summed E-state index contributed by atoms with van der Waals surface area (Å²) >= 11 is 0. The third kappa shape index (κ3) is 5.15. The molecular weight excluding hydrogens is 364 g/mol. The van der Waals surface area contributed by atoms with Gasteiger partial charge in [-0.1, -0.05) is 29.8 Å². The zero-order chi connectivity index (χ0) is 19.3. The van der Waals surface area contributed by atoms with Gasteiger partial charge in [0, 0.05) is 25.2 Å². The average Bonchev–Trinajstić information content (AvgIpc) is 2.69. The number of carbonyl (C=O) groups is 1. The predicted molar refractivity (Wildman–Crippen MR) is 104 cm³/mol. The highest BCUT2D eigenvalue weighted by atomic mass is 32.2. The monoisotopic (exact) mass is 388 g/mol. The number of morpholine rings is 1. The van der Waals surface area contributed by atoms with E-state index in [-0.39, 0.29) is 10.8 Å². The van der Waals surface area contributed by atoms with Crippen molar-refractivity contribution in [2.75, 3.05) is 31.6 Å². The number of nitrogens with zero attached hydrogens (tertiary/aromatic N) is 1. The molecule has 2 aromatic carbocycles. The van der Waals surface area contributed by atoms with Gasteiger partial charge in [0.25, 0.3) is 0 Å². The Bertz CT molecular complexity index is 871. The third-order valence-electron chi connectivity index (χ3n) is 4.51. The van der Waals surface area contributed by atoms with Crippen LogP contribution in [-0.4, -0.2) is 44.9 Å². The molecule has 0 atom stereocenters. The van der Waals surface area contributed by atoms with Gasteiger partial charge in [0.05, 0.1) is 18.1 Å². The molecule has 6 nitrogen and oxygen atoms in total. The number of sulfonamides is 1. The van der Waals surface area contributed by atoms with Crippen LogP contribution >= 0.6 is 0 Å². The maximum atomic E-state index is 12.6. The highest BCUT2D eigenvalue weighted by Crippen LogP contribution is 2.18. The van der Waals surface area contributed by atoms with Crippen molar-refractivity contribution in [1.29, 1.82) is 0 Å². The van der Waals surface area contributed by atoms with Crippen LogP contribution in [0, 0.1) is 6.92 Å². The molecule has 1 fully saturated rings. The first-order valence-corrected chi connectivity index (χ1v) is 10.4. The van der Waals surface area contributed by atoms with Crippen LogP contribution in [0.25, 0.3) is 0 Å². The zero-order valence-electron chi connectivity index (χ0n) is 15.3. The van der Waals surface area contributed by atoms with E-state index < -0.39 is 10.0 Å². The van der Waals surface area contributed by atoms with Gasteiger partial charge in [0.2, 0.25) is 15.9 Å². The van der Waals surface area contributed by atoms with E-state index in [9.17, 15) is 13.2 Å². The van der Waals surface area contributed by atoms with Crippen LogP contribution in [0.4, 0.5) is 5.69 Å². The molecule has 0 bridgehead atoms. The Morgan fingerprint density at radius 1 is 1.04 bits per heavy atom. The smallest absolute Gasteiger partial charge is 0.243 e. The molecule has 1 saturated heterocycles. The van der Waals surface area contributed by atoms with Crippen molar-refractivity contribution in [1.82, 2.24) is 4.31 Å². The number of aryl methyl sites for hydroxylation is 2. The molecule has 0 unspecified atom stereocenters. The van der Waals surface area contributed by atoms with E-state index in [4.69, 9.17) is 4.74 Å². The molecule has 3 rings (SSSR count). The lowest BCUT2D eigenvalue weighted by molar-refractivity contribution is -0.116. The Morgan fingerprint density at radius 3 is 2.30 bits per heavy atom. The molecular formula is C20H24N2O4S. The molecule has 144 valence electrons. The third-order valence-corrected chi connectivity index (χ3v) is 6.42. The molecule has 0 radical (unpaired) electrons. The van der Waals surface area contributed by atoms with Crippen LogP contribution in [0.3, 0.4) is 0 Å². The molecule has 0 aliphatic carbocycles. The Morgan fingerprint density at radius 2 is 1.67 bits per heavy atom. The van der Waals surface area contributed by atoms with Gasteiger partial charge in [-0.2, -0.15) is 4.31 Å². The van der Waals surface area contributed by atoms with Gasteiger partial charge in [-0.15, -0.1) is 0 Å². The minimum absolute atomic E-state index is 0.0659. The fourth-order valence-electron chi connectivity index (χ4n) is 2.88. The Balaban J connectivity index is 1.55. The van der Waals surface area contributed by atoms with E-state index in [1.165, 1.54) is 4.31 Å². The lowest BCUT2D eigenvalue weighted by Gasteiger charge is -2.26. The Labute approximate surface area is 160 Å². The number of hydrogen-bond acceptors (Lipinski definition) is 4. The van der Waals surface area contributed by atoms with Crippen molar-refractivity contribution in [2.24, 2.45) is 0 Å². The minimum atomic E-state index is -3.48. The van der Waals surface area contributed by atoms with Gasteiger partial charge in [-0.05, 0) is 43.2 Å². The standard InChI is InChI=1S/C20H24N2O4S/c1-16-2-7-18(8-3-16)21-20(23)11-6-17-4-9-19(10-5-17)27(24,25)22-12-14-26-15-13-22/h2-5,7-10H,6,11-15H2,1H3,(H,21,23). The van der Waals surface area contributed by atoms with Crippen LogP contribution in [0.15, 0.2) is 53.4 Å². The van der Waals surface area contributed by atoms with Crippen molar-refractivity contribution < 1.29 is 17.9 Å². The SMILES string of the molecule is Cc1ccc(NC(=O)CCc2ccc(S(=O)(=O)N3CCOCC3)cc2)cc1. The largest absolute Gasteiger partial charge is 0.379 e. The first kappa shape index (κ1) is 19.5. The van der Waals surface area contributed by atoms with Crippen LogP contribution in [0.5, 0.6) is 0 Å². The summed E-state index contributed by atoms with van der Waals surface area (Å²) < 4.78 is 31.8. The van der Waals surface area contributed by atoms with E-state index in [0.29, 0.717) is 39.1 Å². The first-order valence-electron chi connectivity index (χ1n) is 8.98. The van der Waals surface area contributed by atoms with E-state index in [1.807, 2.05) is 31.2 Å². The number of ether oxygens (including phenoxy) is 1. The molecule has 1 aliphatic rings. The number of amides is 1. The number of rotatable bonds is 6. The summed E-state index contributed by atoms with van der Waals surface area (Å²) in [4.78, 5) is 12.4. The lowest BCUT2D eigenvalue weighted by atomic mass is 10.1. The van der Waals surface area contributed by atoms with E-state index in [1.54, 1.807) is 24.3 Å². The number of nitrogens with one attached hydrogen (secondary N) is 1. The predicted octanol–water partition coefficient (Wildman–Crippen LogP) is 2.59. The average molecular weight is 388 g/mol. The molecule has 0 saturated carbocycles. The molecule has 1 aliphatic heterocycles. The minimum Gasteiger partial charge on any atom is -0.379 e. The van der Waals surface area contributed by atoms with Gasteiger partial charge in [-0.25, -0.2) is 8.42 Å². The summed E-state index contributed by atoms with van der Waals surface area (Å²) in [5.41, 5.74) is 2.84. The summed E-state index contributed by atoms with van der Waals surface area (Å²) in [5, 5.41) is 2.86. The second kappa shape index (κ2) is 8.65. The molecule has 7 heteroatoms. The quantitative estimate of drug-likeness (QED) is 0.825. The van der Waals surface area contributed by atoms with Crippen molar-refractivity contribution in [3.05, 3.63) is 59.7 Å². The maximum absolute atomic E-state index is 12.6. The van der Waals surface area contributed by atoms with Crippen LogP contribution in [0.2, 0.25) is 0 Å². The summed E-state index contributed by atoms with van der Waals surface area (Å²) in [6, 6.07) is 14.4. The molecule has 27 heavy (non-hydrogen) atoms. The van der Waals surface area contributed by atoms with Gasteiger partial charge >= 0.3 is 0 Å². The summed E-state index contributed by atoms with van der Waals surface area (Å²) in [5.74, 6) is -0.0659. The fraction of sp³-hybridized carbons (Fsp3) is 0.350. The molecule has 1 N–H and O–H groups in total. The first-order chi connectivity index (χ1) is 12.9. The summed E-state index contributed by atoms with van der Waals surface area (Å²) in [6.45, 7) is 3.60. The van der Waals surface area contributed by atoms with Gasteiger partial charge in [0.1, 0.15) is 0 Å². The van der Waals surface area contributed by atoms with Crippen LogP contribution in [-0.2, 0) is 26.0 Å². The molecule has 0 aromatic heterocycles. The van der Waals surface area contributed by atoms with E-state index in [0.717, 1.165) is 16.8 Å². The molecule has 0 spiro atoms. The normalized spacial score (nSPS) is 15.4. The number of carbonyl (C=O) groups excluding carboxylic acids is 1. The van der Waals surface area contributed by atoms with Crippen molar-refractivity contribution >= 4 is 21.6 Å². The van der Waals surface area contributed by atoms with E-state index >= 15 is 0 Å². The summed E-state index contributed by atoms with van der Waals surface area (Å²) in [6.07, 6.45) is 0.888. The van der Waals surface area contributed by atoms with Crippen LogP contribution in [0.1, 0.15) is 17.5 Å². The number of anilines is 1. The Kier molecular flexibility index (Phi) is 6.26. The van der Waals surface area contributed by atoms with Gasteiger partial charge < -0.3 is 10.1 Å². The maximum Gasteiger partial charge on any atom is 0.243 e. The summed E-state index contributed by atoms with van der Waals surface area (Å²) in [7, 11) is -3.48. The highest BCUT2D eigenvalue weighted by molar-refractivity contribution is 7.89. The molecule has 1 heterocycles. The second-order valence-electron chi connectivity index (χ2n) is 6.57. The van der Waals surface area contributed by atoms with Gasteiger partial charge in [0.15, 0.2) is 0 Å². The highest BCUT2D eigenvalue weighted by Gasteiger charge is 2.26. The number of benzene rings is 2. The molecule has 2 aromatic rings.